The molecule has 2 atom stereocenters. The molecule has 1 saturated carbocycles. The molecule has 1 aliphatic rings. The second-order valence-corrected chi connectivity index (χ2v) is 7.27. The molecule has 27 heavy (non-hydrogen) atoms. The Bertz CT molecular complexity index is 620. The van der Waals surface area contributed by atoms with E-state index in [9.17, 15) is 24.0 Å². The molecule has 2 unspecified atom stereocenters. The van der Waals surface area contributed by atoms with Crippen LogP contribution in [0.3, 0.4) is 0 Å². The second-order valence-electron chi connectivity index (χ2n) is 7.27. The Hall–Kier alpha value is -2.69. The Labute approximate surface area is 154 Å². The van der Waals surface area contributed by atoms with Crippen LogP contribution in [0, 0.1) is 16.7 Å². The third kappa shape index (κ3) is 5.39. The summed E-state index contributed by atoms with van der Waals surface area (Å²) in [5.74, 6) is -7.36. The lowest BCUT2D eigenvalue weighted by molar-refractivity contribution is -0.170. The molecule has 11 heteroatoms. The van der Waals surface area contributed by atoms with Crippen LogP contribution in [0.25, 0.3) is 0 Å². The first-order valence-electron chi connectivity index (χ1n) is 7.87. The van der Waals surface area contributed by atoms with Crippen LogP contribution in [0.15, 0.2) is 0 Å². The Kier molecular flexibility index (Phi) is 7.50. The maximum atomic E-state index is 11.1. The van der Waals surface area contributed by atoms with Gasteiger partial charge < -0.3 is 30.6 Å². The fraction of sp³-hybridized carbons (Fsp3) is 0.688. The summed E-state index contributed by atoms with van der Waals surface area (Å²) in [6.45, 7) is 5.10. The van der Waals surface area contributed by atoms with Crippen LogP contribution < -0.4 is 0 Å². The fourth-order valence-electron chi connectivity index (χ4n) is 3.03. The van der Waals surface area contributed by atoms with Crippen LogP contribution in [0.4, 0.5) is 0 Å². The van der Waals surface area contributed by atoms with Crippen LogP contribution in [-0.2, 0) is 24.0 Å². The molecule has 0 amide bonds. The molecule has 0 saturated heterocycles. The lowest BCUT2D eigenvalue weighted by Crippen LogP contribution is -2.42. The van der Waals surface area contributed by atoms with E-state index in [0.29, 0.717) is 12.8 Å². The monoisotopic (exact) mass is 392 g/mol. The van der Waals surface area contributed by atoms with E-state index in [1.807, 2.05) is 0 Å². The lowest BCUT2D eigenvalue weighted by Gasteiger charge is -2.36. The number of carboxylic acid groups (broad SMARTS) is 5. The summed E-state index contributed by atoms with van der Waals surface area (Å²) in [4.78, 5) is 52.5. The van der Waals surface area contributed by atoms with Gasteiger partial charge in [0.25, 0.3) is 0 Å². The predicted octanol–water partition coefficient (Wildman–Crippen LogP) is 0.350. The van der Waals surface area contributed by atoms with Crippen LogP contribution in [0.5, 0.6) is 0 Å². The van der Waals surface area contributed by atoms with Gasteiger partial charge in [-0.2, -0.15) is 0 Å². The van der Waals surface area contributed by atoms with Crippen molar-refractivity contribution in [3.63, 3.8) is 0 Å². The molecule has 11 nitrogen and oxygen atoms in total. The van der Waals surface area contributed by atoms with Crippen LogP contribution in [0.1, 0.15) is 46.5 Å². The highest BCUT2D eigenvalue weighted by Crippen LogP contribution is 2.56. The zero-order valence-corrected chi connectivity index (χ0v) is 15.1. The van der Waals surface area contributed by atoms with Gasteiger partial charge in [-0.05, 0) is 25.2 Å². The molecule has 0 heterocycles. The van der Waals surface area contributed by atoms with Crippen molar-refractivity contribution in [2.24, 2.45) is 16.7 Å². The van der Waals surface area contributed by atoms with Gasteiger partial charge >= 0.3 is 29.8 Å². The molecule has 0 aromatic heterocycles. The quantitative estimate of drug-likeness (QED) is 0.348. The number of hydrogen-bond acceptors (Lipinski definition) is 6. The molecule has 1 aliphatic carbocycles. The smallest absolute Gasteiger partial charge is 0.336 e. The van der Waals surface area contributed by atoms with E-state index in [-0.39, 0.29) is 0 Å². The molecule has 0 spiro atoms. The first kappa shape index (κ1) is 24.3. The van der Waals surface area contributed by atoms with Crippen molar-refractivity contribution < 1.29 is 54.6 Å². The van der Waals surface area contributed by atoms with E-state index in [1.54, 1.807) is 20.8 Å². The van der Waals surface area contributed by atoms with E-state index in [2.05, 4.69) is 0 Å². The van der Waals surface area contributed by atoms with Gasteiger partial charge in [0.2, 0.25) is 0 Å². The molecule has 0 aromatic rings. The third-order valence-electron chi connectivity index (χ3n) is 5.28. The molecule has 0 bridgehead atoms. The van der Waals surface area contributed by atoms with Crippen molar-refractivity contribution in [1.82, 2.24) is 0 Å². The van der Waals surface area contributed by atoms with Crippen molar-refractivity contribution in [3.05, 3.63) is 0 Å². The van der Waals surface area contributed by atoms with Gasteiger partial charge in [0.1, 0.15) is 0 Å². The molecule has 0 aromatic carbocycles. The van der Waals surface area contributed by atoms with E-state index in [1.165, 1.54) is 0 Å². The Morgan fingerprint density at radius 3 is 1.48 bits per heavy atom. The molecule has 0 radical (unpaired) electrons. The average molecular weight is 392 g/mol. The number of rotatable bonds is 7. The second kappa shape index (κ2) is 8.33. The lowest BCUT2D eigenvalue weighted by atomic mass is 9.66. The highest BCUT2D eigenvalue weighted by Gasteiger charge is 2.58. The van der Waals surface area contributed by atoms with Crippen molar-refractivity contribution >= 4 is 29.8 Å². The van der Waals surface area contributed by atoms with E-state index in [4.69, 9.17) is 30.6 Å². The molecular weight excluding hydrogens is 368 g/mol. The number of hydrogen-bond donors (Lipinski definition) is 6. The minimum Gasteiger partial charge on any atom is -0.481 e. The van der Waals surface area contributed by atoms with E-state index < -0.39 is 65.0 Å². The van der Waals surface area contributed by atoms with E-state index in [0.717, 1.165) is 0 Å². The summed E-state index contributed by atoms with van der Waals surface area (Å²) >= 11 is 0. The standard InChI is InChI=1S/C10H16O4.C6H8O7/c1-9(2)6(7(11)12)4-5-10(9,3)8(13)14;7-3(8)1-6(13,5(11)12)2-4(9)10/h6H,4-5H2,1-3H3,(H,11,12)(H,13,14);13H,1-2H2,(H,7,8)(H,9,10)(H,11,12). The van der Waals surface area contributed by atoms with Gasteiger partial charge in [0, 0.05) is 0 Å². The summed E-state index contributed by atoms with van der Waals surface area (Å²) in [7, 11) is 0. The van der Waals surface area contributed by atoms with Crippen molar-refractivity contribution in [2.75, 3.05) is 0 Å². The van der Waals surface area contributed by atoms with Gasteiger partial charge in [-0.1, -0.05) is 13.8 Å². The number of aliphatic carboxylic acids is 5. The van der Waals surface area contributed by atoms with Gasteiger partial charge in [-0.3, -0.25) is 19.2 Å². The summed E-state index contributed by atoms with van der Waals surface area (Å²) in [5, 5.41) is 51.9. The molecule has 0 aliphatic heterocycles. The SMILES string of the molecule is CC1(C(=O)O)CCC(C(=O)O)C1(C)C.O=C(O)CC(O)(CC(=O)O)C(=O)O. The highest BCUT2D eigenvalue weighted by molar-refractivity contribution is 5.88. The minimum atomic E-state index is -2.74. The topological polar surface area (TPSA) is 207 Å². The summed E-state index contributed by atoms with van der Waals surface area (Å²) in [6.07, 6.45) is -1.40. The molecule has 1 rings (SSSR count). The summed E-state index contributed by atoms with van der Waals surface area (Å²) < 4.78 is 0. The normalized spacial score (nSPS) is 23.6. The Morgan fingerprint density at radius 2 is 1.30 bits per heavy atom. The minimum absolute atomic E-state index is 0.437. The Balaban J connectivity index is 0.000000503. The Morgan fingerprint density at radius 1 is 0.889 bits per heavy atom. The van der Waals surface area contributed by atoms with Gasteiger partial charge in [-0.25, -0.2) is 4.79 Å². The zero-order valence-electron chi connectivity index (χ0n) is 15.1. The number of carboxylic acids is 5. The van der Waals surface area contributed by atoms with Gasteiger partial charge in [0.15, 0.2) is 5.60 Å². The molecule has 1 fully saturated rings. The average Bonchev–Trinajstić information content (AvgIpc) is 2.69. The van der Waals surface area contributed by atoms with Crippen LogP contribution >= 0.6 is 0 Å². The number of carbonyl (C=O) groups is 5. The molecule has 6 N–H and O–H groups in total. The highest BCUT2D eigenvalue weighted by atomic mass is 16.4. The first-order chi connectivity index (χ1) is 12.0. The number of aliphatic hydroxyl groups is 1. The van der Waals surface area contributed by atoms with Gasteiger partial charge in [-0.15, -0.1) is 0 Å². The van der Waals surface area contributed by atoms with E-state index >= 15 is 0 Å². The van der Waals surface area contributed by atoms with Crippen molar-refractivity contribution in [3.8, 4) is 0 Å². The fourth-order valence-corrected chi connectivity index (χ4v) is 3.03. The maximum Gasteiger partial charge on any atom is 0.336 e. The maximum absolute atomic E-state index is 11.1. The largest absolute Gasteiger partial charge is 0.481 e. The van der Waals surface area contributed by atoms with Gasteiger partial charge in [0.05, 0.1) is 24.2 Å². The van der Waals surface area contributed by atoms with Crippen LogP contribution in [-0.4, -0.2) is 66.1 Å². The summed E-state index contributed by atoms with van der Waals surface area (Å²) in [5.41, 5.74) is -4.35. The van der Waals surface area contributed by atoms with Crippen molar-refractivity contribution in [2.45, 2.75) is 52.1 Å². The molecular formula is C16H24O11. The zero-order chi connectivity index (χ0) is 21.8. The van der Waals surface area contributed by atoms with Crippen LogP contribution in [0.2, 0.25) is 0 Å². The summed E-state index contributed by atoms with van der Waals surface area (Å²) in [6, 6.07) is 0. The van der Waals surface area contributed by atoms with Crippen molar-refractivity contribution in [1.29, 1.82) is 0 Å². The predicted molar refractivity (Wildman–Crippen MR) is 87.0 cm³/mol. The first-order valence-corrected chi connectivity index (χ1v) is 7.87. The third-order valence-corrected chi connectivity index (χ3v) is 5.28. The molecule has 154 valence electrons.